The predicted octanol–water partition coefficient (Wildman–Crippen LogP) is 1.21. The average Bonchev–Trinajstić information content (AvgIpc) is 2.48. The van der Waals surface area contributed by atoms with E-state index in [0.717, 1.165) is 11.3 Å². The predicted molar refractivity (Wildman–Crippen MR) is 55.0 cm³/mol. The molecule has 0 bridgehead atoms. The summed E-state index contributed by atoms with van der Waals surface area (Å²) >= 11 is 6.21. The smallest absolute Gasteiger partial charge is 0.348 e. The summed E-state index contributed by atoms with van der Waals surface area (Å²) in [6.45, 7) is 0. The molecule has 1 aromatic heterocycles. The molecule has 0 aliphatic rings. The van der Waals surface area contributed by atoms with Crippen molar-refractivity contribution in [2.75, 3.05) is 16.9 Å². The summed E-state index contributed by atoms with van der Waals surface area (Å²) < 4.78 is 0. The van der Waals surface area contributed by atoms with Crippen molar-refractivity contribution in [2.24, 2.45) is 0 Å². The SMILES string of the molecule is Nc1csc(C(=O)O)c1NC(=O)CCl. The Kier molecular flexibility index (Phi) is 3.32. The lowest BCUT2D eigenvalue weighted by molar-refractivity contribution is -0.113. The summed E-state index contributed by atoms with van der Waals surface area (Å²) in [6.07, 6.45) is 0. The Morgan fingerprint density at radius 1 is 1.64 bits per heavy atom. The van der Waals surface area contributed by atoms with E-state index in [2.05, 4.69) is 5.32 Å². The molecule has 7 heteroatoms. The number of carboxylic acids is 1. The number of anilines is 2. The van der Waals surface area contributed by atoms with Gasteiger partial charge in [0.1, 0.15) is 10.8 Å². The second-order valence-electron chi connectivity index (χ2n) is 2.38. The Bertz CT molecular complexity index is 377. The second-order valence-corrected chi connectivity index (χ2v) is 3.53. The van der Waals surface area contributed by atoms with E-state index in [1.54, 1.807) is 0 Å². The van der Waals surface area contributed by atoms with Crippen molar-refractivity contribution in [2.45, 2.75) is 0 Å². The summed E-state index contributed by atoms with van der Waals surface area (Å²) in [5, 5.41) is 12.5. The lowest BCUT2D eigenvalue weighted by Gasteiger charge is -2.02. The highest BCUT2D eigenvalue weighted by Gasteiger charge is 2.17. The van der Waals surface area contributed by atoms with Crippen LogP contribution in [0.25, 0.3) is 0 Å². The average molecular weight is 235 g/mol. The van der Waals surface area contributed by atoms with Crippen molar-refractivity contribution in [3.63, 3.8) is 0 Å². The monoisotopic (exact) mass is 234 g/mol. The second kappa shape index (κ2) is 4.30. The van der Waals surface area contributed by atoms with E-state index in [-0.39, 0.29) is 22.1 Å². The molecule has 0 aliphatic heterocycles. The highest BCUT2D eigenvalue weighted by atomic mass is 35.5. The number of carbonyl (C=O) groups excluding carboxylic acids is 1. The topological polar surface area (TPSA) is 92.4 Å². The van der Waals surface area contributed by atoms with Gasteiger partial charge in [0.15, 0.2) is 0 Å². The van der Waals surface area contributed by atoms with Crippen molar-refractivity contribution >= 4 is 46.2 Å². The van der Waals surface area contributed by atoms with Crippen molar-refractivity contribution in [1.29, 1.82) is 0 Å². The molecule has 0 unspecified atom stereocenters. The molecular weight excluding hydrogens is 228 g/mol. The minimum Gasteiger partial charge on any atom is -0.477 e. The third-order valence-corrected chi connectivity index (χ3v) is 2.63. The molecule has 1 amide bonds. The van der Waals surface area contributed by atoms with Crippen LogP contribution in [0.5, 0.6) is 0 Å². The van der Waals surface area contributed by atoms with Crippen LogP contribution in [-0.2, 0) is 4.79 Å². The standard InChI is InChI=1S/C7H7ClN2O3S/c8-1-4(11)10-5-3(9)2-14-6(5)7(12)13/h2H,1,9H2,(H,10,11)(H,12,13). The van der Waals surface area contributed by atoms with Crippen LogP contribution in [0.15, 0.2) is 5.38 Å². The molecule has 0 spiro atoms. The van der Waals surface area contributed by atoms with Crippen LogP contribution in [0.1, 0.15) is 9.67 Å². The van der Waals surface area contributed by atoms with Gasteiger partial charge in [0.25, 0.3) is 0 Å². The zero-order chi connectivity index (χ0) is 10.7. The van der Waals surface area contributed by atoms with Crippen LogP contribution in [0, 0.1) is 0 Å². The summed E-state index contributed by atoms with van der Waals surface area (Å²) in [5.74, 6) is -1.86. The fourth-order valence-electron chi connectivity index (χ4n) is 0.830. The van der Waals surface area contributed by atoms with E-state index in [9.17, 15) is 9.59 Å². The number of alkyl halides is 1. The van der Waals surface area contributed by atoms with Gasteiger partial charge in [-0.05, 0) is 0 Å². The molecule has 0 aliphatic carbocycles. The Balaban J connectivity index is 2.99. The van der Waals surface area contributed by atoms with Gasteiger partial charge in [0.2, 0.25) is 5.91 Å². The van der Waals surface area contributed by atoms with E-state index in [0.29, 0.717) is 0 Å². The zero-order valence-electron chi connectivity index (χ0n) is 6.91. The number of halogens is 1. The van der Waals surface area contributed by atoms with E-state index in [1.165, 1.54) is 5.38 Å². The van der Waals surface area contributed by atoms with Gasteiger partial charge in [0, 0.05) is 5.38 Å². The summed E-state index contributed by atoms with van der Waals surface area (Å²) in [6, 6.07) is 0. The summed E-state index contributed by atoms with van der Waals surface area (Å²) in [5.41, 5.74) is 5.82. The van der Waals surface area contributed by atoms with Gasteiger partial charge in [-0.1, -0.05) is 0 Å². The Hall–Kier alpha value is -1.27. The molecule has 0 radical (unpaired) electrons. The molecule has 0 aromatic carbocycles. The van der Waals surface area contributed by atoms with Gasteiger partial charge < -0.3 is 16.2 Å². The number of hydrogen-bond donors (Lipinski definition) is 3. The largest absolute Gasteiger partial charge is 0.477 e. The van der Waals surface area contributed by atoms with Gasteiger partial charge in [-0.2, -0.15) is 0 Å². The number of amides is 1. The quantitative estimate of drug-likeness (QED) is 0.686. The molecule has 14 heavy (non-hydrogen) atoms. The Morgan fingerprint density at radius 3 is 2.79 bits per heavy atom. The maximum Gasteiger partial charge on any atom is 0.348 e. The van der Waals surface area contributed by atoms with Crippen molar-refractivity contribution in [3.8, 4) is 0 Å². The minimum absolute atomic E-state index is 0.000895. The summed E-state index contributed by atoms with van der Waals surface area (Å²) in [4.78, 5) is 21.6. The van der Waals surface area contributed by atoms with E-state index in [4.69, 9.17) is 22.4 Å². The highest BCUT2D eigenvalue weighted by molar-refractivity contribution is 7.13. The molecule has 0 saturated carbocycles. The number of thiophene rings is 1. The van der Waals surface area contributed by atoms with Crippen LogP contribution in [0.3, 0.4) is 0 Å². The first kappa shape index (κ1) is 10.8. The third kappa shape index (κ3) is 2.15. The van der Waals surface area contributed by atoms with E-state index >= 15 is 0 Å². The number of rotatable bonds is 3. The number of nitrogens with two attached hydrogens (primary N) is 1. The molecule has 1 heterocycles. The highest BCUT2D eigenvalue weighted by Crippen LogP contribution is 2.30. The number of hydrogen-bond acceptors (Lipinski definition) is 4. The van der Waals surface area contributed by atoms with Crippen LogP contribution in [0.4, 0.5) is 11.4 Å². The zero-order valence-corrected chi connectivity index (χ0v) is 8.48. The first-order valence-electron chi connectivity index (χ1n) is 3.52. The van der Waals surface area contributed by atoms with Gasteiger partial charge in [0.05, 0.1) is 11.4 Å². The van der Waals surface area contributed by atoms with Gasteiger partial charge in [-0.3, -0.25) is 4.79 Å². The van der Waals surface area contributed by atoms with Crippen molar-refractivity contribution in [1.82, 2.24) is 0 Å². The molecule has 5 nitrogen and oxygen atoms in total. The first-order chi connectivity index (χ1) is 6.56. The maximum absolute atomic E-state index is 10.9. The van der Waals surface area contributed by atoms with Crippen LogP contribution >= 0.6 is 22.9 Å². The van der Waals surface area contributed by atoms with Gasteiger partial charge >= 0.3 is 5.97 Å². The van der Waals surface area contributed by atoms with E-state index in [1.807, 2.05) is 0 Å². The molecular formula is C7H7ClN2O3S. The number of nitrogens with one attached hydrogen (secondary N) is 1. The van der Waals surface area contributed by atoms with Gasteiger partial charge in [-0.25, -0.2) is 4.79 Å². The molecule has 0 fully saturated rings. The normalized spacial score (nSPS) is 9.79. The Labute approximate surface area is 88.5 Å². The third-order valence-electron chi connectivity index (χ3n) is 1.40. The molecule has 0 saturated heterocycles. The lowest BCUT2D eigenvalue weighted by atomic mass is 10.3. The first-order valence-corrected chi connectivity index (χ1v) is 4.93. The number of nitrogen functional groups attached to an aromatic ring is 1. The molecule has 0 atom stereocenters. The van der Waals surface area contributed by atoms with Crippen molar-refractivity contribution in [3.05, 3.63) is 10.3 Å². The minimum atomic E-state index is -1.13. The molecule has 4 N–H and O–H groups in total. The molecule has 76 valence electrons. The fourth-order valence-corrected chi connectivity index (χ4v) is 1.65. The van der Waals surface area contributed by atoms with Gasteiger partial charge in [-0.15, -0.1) is 22.9 Å². The lowest BCUT2D eigenvalue weighted by Crippen LogP contribution is -2.15. The van der Waals surface area contributed by atoms with Crippen LogP contribution < -0.4 is 11.1 Å². The number of aromatic carboxylic acids is 1. The number of carboxylic acid groups (broad SMARTS) is 1. The molecule has 1 rings (SSSR count). The van der Waals surface area contributed by atoms with Crippen LogP contribution in [0.2, 0.25) is 0 Å². The number of carbonyl (C=O) groups is 2. The van der Waals surface area contributed by atoms with Crippen molar-refractivity contribution < 1.29 is 14.7 Å². The maximum atomic E-state index is 10.9. The van der Waals surface area contributed by atoms with E-state index < -0.39 is 11.9 Å². The summed E-state index contributed by atoms with van der Waals surface area (Å²) in [7, 11) is 0. The van der Waals surface area contributed by atoms with Crippen LogP contribution in [-0.4, -0.2) is 22.9 Å². The Morgan fingerprint density at radius 2 is 2.29 bits per heavy atom. The fraction of sp³-hybridized carbons (Fsp3) is 0.143. The molecule has 1 aromatic rings.